The summed E-state index contributed by atoms with van der Waals surface area (Å²) in [6.45, 7) is 7.32. The first-order valence-electron chi connectivity index (χ1n) is 9.44. The molecule has 1 saturated heterocycles. The minimum atomic E-state index is -0.333. The SMILES string of the molecule is CC(C)(C)c1ccc(NC(=O)NCC2CC(=O)N(c3ccc(F)cc3)C2)cc1. The van der Waals surface area contributed by atoms with Crippen LogP contribution in [0.15, 0.2) is 48.5 Å². The average Bonchev–Trinajstić information content (AvgIpc) is 3.01. The van der Waals surface area contributed by atoms with E-state index in [1.54, 1.807) is 17.0 Å². The Morgan fingerprint density at radius 3 is 2.36 bits per heavy atom. The van der Waals surface area contributed by atoms with Crippen molar-refractivity contribution in [3.8, 4) is 0 Å². The highest BCUT2D eigenvalue weighted by Gasteiger charge is 2.30. The van der Waals surface area contributed by atoms with Crippen LogP contribution in [0.4, 0.5) is 20.6 Å². The molecular formula is C22H26FN3O2. The van der Waals surface area contributed by atoms with Crippen LogP contribution >= 0.6 is 0 Å². The molecule has 0 bridgehead atoms. The summed E-state index contributed by atoms with van der Waals surface area (Å²) in [6, 6.07) is 13.4. The first kappa shape index (κ1) is 19.9. The van der Waals surface area contributed by atoms with Gasteiger partial charge in [-0.25, -0.2) is 9.18 Å². The lowest BCUT2D eigenvalue weighted by atomic mass is 9.87. The van der Waals surface area contributed by atoms with Gasteiger partial charge in [0.1, 0.15) is 5.82 Å². The molecule has 2 aromatic rings. The molecule has 0 radical (unpaired) electrons. The van der Waals surface area contributed by atoms with Crippen LogP contribution in [0.2, 0.25) is 0 Å². The molecular weight excluding hydrogens is 357 g/mol. The molecule has 28 heavy (non-hydrogen) atoms. The van der Waals surface area contributed by atoms with Gasteiger partial charge in [0.25, 0.3) is 0 Å². The number of anilines is 2. The van der Waals surface area contributed by atoms with E-state index in [4.69, 9.17) is 0 Å². The van der Waals surface area contributed by atoms with E-state index in [9.17, 15) is 14.0 Å². The van der Waals surface area contributed by atoms with Gasteiger partial charge in [0.15, 0.2) is 0 Å². The van der Waals surface area contributed by atoms with Crippen LogP contribution in [0.3, 0.4) is 0 Å². The third kappa shape index (κ3) is 4.88. The van der Waals surface area contributed by atoms with Crippen LogP contribution in [0, 0.1) is 11.7 Å². The number of carbonyl (C=O) groups is 2. The topological polar surface area (TPSA) is 61.4 Å². The van der Waals surface area contributed by atoms with Crippen molar-refractivity contribution in [1.29, 1.82) is 0 Å². The standard InChI is InChI=1S/C22H26FN3O2/c1-22(2,3)16-4-8-18(9-5-16)25-21(28)24-13-15-12-20(27)26(14-15)19-10-6-17(23)7-11-19/h4-11,15H,12-14H2,1-3H3,(H2,24,25,28). The van der Waals surface area contributed by atoms with E-state index in [1.807, 2.05) is 24.3 Å². The normalized spacial score (nSPS) is 16.9. The first-order valence-corrected chi connectivity index (χ1v) is 9.44. The second kappa shape index (κ2) is 8.00. The lowest BCUT2D eigenvalue weighted by Crippen LogP contribution is -2.34. The van der Waals surface area contributed by atoms with Crippen LogP contribution in [0.1, 0.15) is 32.8 Å². The number of rotatable bonds is 4. The van der Waals surface area contributed by atoms with Crippen molar-refractivity contribution < 1.29 is 14.0 Å². The molecule has 3 rings (SSSR count). The highest BCUT2D eigenvalue weighted by atomic mass is 19.1. The number of urea groups is 1. The summed E-state index contributed by atoms with van der Waals surface area (Å²) in [4.78, 5) is 26.0. The second-order valence-electron chi connectivity index (χ2n) is 8.21. The zero-order valence-corrected chi connectivity index (χ0v) is 16.5. The molecule has 1 aliphatic rings. The monoisotopic (exact) mass is 383 g/mol. The maximum Gasteiger partial charge on any atom is 0.319 e. The van der Waals surface area contributed by atoms with Crippen molar-refractivity contribution in [1.82, 2.24) is 5.32 Å². The van der Waals surface area contributed by atoms with Crippen LogP contribution in [0.5, 0.6) is 0 Å². The first-order chi connectivity index (χ1) is 13.2. The van der Waals surface area contributed by atoms with Gasteiger partial charge in [-0.2, -0.15) is 0 Å². The van der Waals surface area contributed by atoms with E-state index < -0.39 is 0 Å². The van der Waals surface area contributed by atoms with Gasteiger partial charge in [-0.1, -0.05) is 32.9 Å². The molecule has 2 N–H and O–H groups in total. The number of benzene rings is 2. The third-order valence-corrected chi connectivity index (χ3v) is 4.90. The van der Waals surface area contributed by atoms with Crippen LogP contribution < -0.4 is 15.5 Å². The summed E-state index contributed by atoms with van der Waals surface area (Å²) < 4.78 is 13.1. The van der Waals surface area contributed by atoms with E-state index in [-0.39, 0.29) is 29.1 Å². The summed E-state index contributed by atoms with van der Waals surface area (Å²) in [7, 11) is 0. The number of nitrogens with one attached hydrogen (secondary N) is 2. The fraction of sp³-hybridized carbons (Fsp3) is 0.364. The molecule has 0 saturated carbocycles. The summed E-state index contributed by atoms with van der Waals surface area (Å²) in [5, 5.41) is 5.65. The van der Waals surface area contributed by atoms with E-state index >= 15 is 0 Å². The number of nitrogens with zero attached hydrogens (tertiary/aromatic N) is 1. The second-order valence-corrected chi connectivity index (χ2v) is 8.21. The number of hydrogen-bond donors (Lipinski definition) is 2. The summed E-state index contributed by atoms with van der Waals surface area (Å²) in [5.74, 6) is -0.330. The van der Waals surface area contributed by atoms with Crippen molar-refractivity contribution in [2.24, 2.45) is 5.92 Å². The fourth-order valence-electron chi connectivity index (χ4n) is 3.25. The number of carbonyl (C=O) groups excluding carboxylic acids is 2. The Kier molecular flexibility index (Phi) is 5.68. The Morgan fingerprint density at radius 2 is 1.75 bits per heavy atom. The fourth-order valence-corrected chi connectivity index (χ4v) is 3.25. The van der Waals surface area contributed by atoms with E-state index in [1.165, 1.54) is 17.7 Å². The molecule has 2 aromatic carbocycles. The lowest BCUT2D eigenvalue weighted by molar-refractivity contribution is -0.117. The Morgan fingerprint density at radius 1 is 1.11 bits per heavy atom. The maximum atomic E-state index is 13.1. The van der Waals surface area contributed by atoms with E-state index in [2.05, 4.69) is 31.4 Å². The van der Waals surface area contributed by atoms with E-state index in [0.29, 0.717) is 25.2 Å². The van der Waals surface area contributed by atoms with Gasteiger partial charge in [-0.05, 0) is 47.4 Å². The Hall–Kier alpha value is -2.89. The van der Waals surface area contributed by atoms with Gasteiger partial charge >= 0.3 is 6.03 Å². The van der Waals surface area contributed by atoms with Crippen LogP contribution in [-0.4, -0.2) is 25.0 Å². The quantitative estimate of drug-likeness (QED) is 0.827. The summed E-state index contributed by atoms with van der Waals surface area (Å²) in [5.41, 5.74) is 2.66. The van der Waals surface area contributed by atoms with Gasteiger partial charge in [-0.15, -0.1) is 0 Å². The molecule has 1 fully saturated rings. The summed E-state index contributed by atoms with van der Waals surface area (Å²) >= 11 is 0. The molecule has 1 unspecified atom stereocenters. The minimum Gasteiger partial charge on any atom is -0.338 e. The molecule has 6 heteroatoms. The molecule has 0 aliphatic carbocycles. The molecule has 0 spiro atoms. The Labute approximate surface area is 164 Å². The maximum absolute atomic E-state index is 13.1. The minimum absolute atomic E-state index is 0.0171. The number of amides is 3. The van der Waals surface area contributed by atoms with Gasteiger partial charge in [0, 0.05) is 36.8 Å². The van der Waals surface area contributed by atoms with Crippen LogP contribution in [0.25, 0.3) is 0 Å². The zero-order valence-electron chi connectivity index (χ0n) is 16.5. The molecule has 0 aromatic heterocycles. The van der Waals surface area contributed by atoms with Gasteiger partial charge in [0.05, 0.1) is 0 Å². The zero-order chi connectivity index (χ0) is 20.3. The van der Waals surface area contributed by atoms with Crippen molar-refractivity contribution in [3.05, 3.63) is 59.9 Å². The lowest BCUT2D eigenvalue weighted by Gasteiger charge is -2.19. The predicted octanol–water partition coefficient (Wildman–Crippen LogP) is 4.30. The van der Waals surface area contributed by atoms with Crippen molar-refractivity contribution >= 4 is 23.3 Å². The Bertz CT molecular complexity index is 842. The molecule has 148 valence electrons. The van der Waals surface area contributed by atoms with Gasteiger partial charge < -0.3 is 15.5 Å². The van der Waals surface area contributed by atoms with Crippen molar-refractivity contribution in [2.75, 3.05) is 23.3 Å². The van der Waals surface area contributed by atoms with Crippen molar-refractivity contribution in [2.45, 2.75) is 32.6 Å². The number of halogens is 1. The molecule has 1 atom stereocenters. The molecule has 3 amide bonds. The van der Waals surface area contributed by atoms with Crippen molar-refractivity contribution in [3.63, 3.8) is 0 Å². The molecule has 1 aliphatic heterocycles. The highest BCUT2D eigenvalue weighted by Crippen LogP contribution is 2.25. The van der Waals surface area contributed by atoms with E-state index in [0.717, 1.165) is 5.69 Å². The Balaban J connectivity index is 1.50. The highest BCUT2D eigenvalue weighted by molar-refractivity contribution is 5.96. The van der Waals surface area contributed by atoms with Crippen LogP contribution in [-0.2, 0) is 10.2 Å². The smallest absolute Gasteiger partial charge is 0.319 e. The average molecular weight is 383 g/mol. The van der Waals surface area contributed by atoms with Gasteiger partial charge in [0.2, 0.25) is 5.91 Å². The predicted molar refractivity (Wildman–Crippen MR) is 109 cm³/mol. The molecule has 5 nitrogen and oxygen atoms in total. The summed E-state index contributed by atoms with van der Waals surface area (Å²) in [6.07, 6.45) is 0.359. The largest absolute Gasteiger partial charge is 0.338 e. The van der Waals surface area contributed by atoms with Gasteiger partial charge in [-0.3, -0.25) is 4.79 Å². The molecule has 1 heterocycles. The number of hydrogen-bond acceptors (Lipinski definition) is 2. The third-order valence-electron chi connectivity index (χ3n) is 4.90.